The van der Waals surface area contributed by atoms with Gasteiger partial charge in [-0.2, -0.15) is 10.2 Å². The summed E-state index contributed by atoms with van der Waals surface area (Å²) in [6.07, 6.45) is 5.79. The van der Waals surface area contributed by atoms with Crippen LogP contribution in [0.1, 0.15) is 16.9 Å². The minimum atomic E-state index is -0.251. The monoisotopic (exact) mass is 331 g/mol. The van der Waals surface area contributed by atoms with Crippen molar-refractivity contribution in [3.63, 3.8) is 0 Å². The van der Waals surface area contributed by atoms with E-state index in [1.807, 2.05) is 6.20 Å². The topological polar surface area (TPSA) is 75.6 Å². The summed E-state index contributed by atoms with van der Waals surface area (Å²) in [7, 11) is 0. The van der Waals surface area contributed by atoms with E-state index in [2.05, 4.69) is 36.5 Å². The zero-order valence-electron chi connectivity index (χ0n) is 9.36. The van der Waals surface area contributed by atoms with E-state index in [-0.39, 0.29) is 5.91 Å². The number of aryl methyl sites for hydroxylation is 1. The van der Waals surface area contributed by atoms with Crippen LogP contribution in [0.2, 0.25) is 5.02 Å². The lowest BCUT2D eigenvalue weighted by molar-refractivity contribution is 0.0947. The van der Waals surface area contributed by atoms with E-state index in [0.29, 0.717) is 17.3 Å². The summed E-state index contributed by atoms with van der Waals surface area (Å²) in [5.41, 5.74) is 0.290. The standard InChI is InChI=1S/C10H11BrClN5O/c11-7-4-15-17(6-7)3-1-2-13-10(18)9-8(12)5-14-16-9/h4-6H,1-3H2,(H,13,18)(H,14,16). The van der Waals surface area contributed by atoms with Gasteiger partial charge in [-0.1, -0.05) is 11.6 Å². The van der Waals surface area contributed by atoms with Crippen molar-refractivity contribution in [1.82, 2.24) is 25.3 Å². The van der Waals surface area contributed by atoms with Crippen molar-refractivity contribution in [2.45, 2.75) is 13.0 Å². The van der Waals surface area contributed by atoms with Crippen LogP contribution in [0.5, 0.6) is 0 Å². The van der Waals surface area contributed by atoms with Gasteiger partial charge in [0.15, 0.2) is 0 Å². The molecule has 96 valence electrons. The molecule has 2 aromatic heterocycles. The number of hydrogen-bond acceptors (Lipinski definition) is 3. The second kappa shape index (κ2) is 6.01. The fourth-order valence-electron chi connectivity index (χ4n) is 1.42. The lowest BCUT2D eigenvalue weighted by atomic mass is 10.3. The first-order valence-corrected chi connectivity index (χ1v) is 6.49. The highest BCUT2D eigenvalue weighted by Gasteiger charge is 2.11. The highest BCUT2D eigenvalue weighted by atomic mass is 79.9. The third kappa shape index (κ3) is 3.33. The van der Waals surface area contributed by atoms with Crippen LogP contribution in [0.3, 0.4) is 0 Å². The summed E-state index contributed by atoms with van der Waals surface area (Å²) >= 11 is 9.09. The minimum absolute atomic E-state index is 0.251. The fraction of sp³-hybridized carbons (Fsp3) is 0.300. The van der Waals surface area contributed by atoms with Crippen LogP contribution in [0, 0.1) is 0 Å². The van der Waals surface area contributed by atoms with Gasteiger partial charge in [0, 0.05) is 19.3 Å². The fourth-order valence-corrected chi connectivity index (χ4v) is 1.93. The predicted molar refractivity (Wildman–Crippen MR) is 70.5 cm³/mol. The van der Waals surface area contributed by atoms with E-state index in [1.54, 1.807) is 10.9 Å². The molecule has 1 amide bonds. The maximum Gasteiger partial charge on any atom is 0.270 e. The van der Waals surface area contributed by atoms with Gasteiger partial charge in [-0.15, -0.1) is 0 Å². The molecule has 0 radical (unpaired) electrons. The summed E-state index contributed by atoms with van der Waals surface area (Å²) in [6, 6.07) is 0. The molecule has 0 saturated carbocycles. The van der Waals surface area contributed by atoms with Crippen LogP contribution in [0.15, 0.2) is 23.1 Å². The van der Waals surface area contributed by atoms with Gasteiger partial charge in [-0.25, -0.2) is 0 Å². The molecular weight excluding hydrogens is 322 g/mol. The van der Waals surface area contributed by atoms with Crippen molar-refractivity contribution in [1.29, 1.82) is 0 Å². The molecule has 8 heteroatoms. The molecule has 6 nitrogen and oxygen atoms in total. The molecule has 0 fully saturated rings. The van der Waals surface area contributed by atoms with Gasteiger partial charge < -0.3 is 5.32 Å². The molecule has 2 N–H and O–H groups in total. The van der Waals surface area contributed by atoms with Crippen LogP contribution in [-0.2, 0) is 6.54 Å². The average molecular weight is 333 g/mol. The quantitative estimate of drug-likeness (QED) is 0.820. The minimum Gasteiger partial charge on any atom is -0.351 e. The molecule has 0 saturated heterocycles. The zero-order valence-corrected chi connectivity index (χ0v) is 11.7. The molecule has 2 heterocycles. The molecule has 0 aliphatic heterocycles. The number of H-pyrrole nitrogens is 1. The molecule has 0 spiro atoms. The normalized spacial score (nSPS) is 10.6. The van der Waals surface area contributed by atoms with Crippen molar-refractivity contribution in [3.8, 4) is 0 Å². The Kier molecular flexibility index (Phi) is 4.38. The van der Waals surface area contributed by atoms with E-state index < -0.39 is 0 Å². The Morgan fingerprint density at radius 1 is 1.56 bits per heavy atom. The van der Waals surface area contributed by atoms with Crippen molar-refractivity contribution in [3.05, 3.63) is 33.8 Å². The van der Waals surface area contributed by atoms with Crippen LogP contribution in [0.4, 0.5) is 0 Å². The highest BCUT2D eigenvalue weighted by molar-refractivity contribution is 9.10. The first-order valence-electron chi connectivity index (χ1n) is 5.32. The van der Waals surface area contributed by atoms with Crippen molar-refractivity contribution < 1.29 is 4.79 Å². The number of amides is 1. The Morgan fingerprint density at radius 3 is 3.00 bits per heavy atom. The average Bonchev–Trinajstić information content (AvgIpc) is 2.93. The van der Waals surface area contributed by atoms with Gasteiger partial charge in [0.05, 0.1) is 21.9 Å². The van der Waals surface area contributed by atoms with E-state index in [1.165, 1.54) is 6.20 Å². The number of rotatable bonds is 5. The second-order valence-electron chi connectivity index (χ2n) is 3.62. The van der Waals surface area contributed by atoms with Gasteiger partial charge >= 0.3 is 0 Å². The molecular formula is C10H11BrClN5O. The number of aromatic amines is 1. The van der Waals surface area contributed by atoms with E-state index in [4.69, 9.17) is 11.6 Å². The van der Waals surface area contributed by atoms with E-state index in [9.17, 15) is 4.79 Å². The third-order valence-corrected chi connectivity index (χ3v) is 2.97. The maximum absolute atomic E-state index is 11.6. The Balaban J connectivity index is 1.73. The zero-order chi connectivity index (χ0) is 13.0. The smallest absolute Gasteiger partial charge is 0.270 e. The molecule has 0 bridgehead atoms. The molecule has 0 unspecified atom stereocenters. The summed E-state index contributed by atoms with van der Waals surface area (Å²) < 4.78 is 2.75. The van der Waals surface area contributed by atoms with Crippen LogP contribution in [-0.4, -0.2) is 32.4 Å². The third-order valence-electron chi connectivity index (χ3n) is 2.27. The lowest BCUT2D eigenvalue weighted by Gasteiger charge is -2.04. The Hall–Kier alpha value is -1.34. The van der Waals surface area contributed by atoms with Gasteiger partial charge in [0.2, 0.25) is 0 Å². The largest absolute Gasteiger partial charge is 0.351 e. The van der Waals surface area contributed by atoms with E-state index >= 15 is 0 Å². The predicted octanol–water partition coefficient (Wildman–Crippen LogP) is 1.84. The van der Waals surface area contributed by atoms with Crippen molar-refractivity contribution in [2.75, 3.05) is 6.54 Å². The van der Waals surface area contributed by atoms with Crippen molar-refractivity contribution >= 4 is 33.4 Å². The number of nitrogens with zero attached hydrogens (tertiary/aromatic N) is 3. The number of carbonyl (C=O) groups excluding carboxylic acids is 1. The van der Waals surface area contributed by atoms with Gasteiger partial charge in [-0.05, 0) is 22.4 Å². The van der Waals surface area contributed by atoms with Crippen LogP contribution in [0.25, 0.3) is 0 Å². The second-order valence-corrected chi connectivity index (χ2v) is 4.95. The molecule has 18 heavy (non-hydrogen) atoms. The lowest BCUT2D eigenvalue weighted by Crippen LogP contribution is -2.25. The SMILES string of the molecule is O=C(NCCCn1cc(Br)cn1)c1[nH]ncc1Cl. The van der Waals surface area contributed by atoms with Gasteiger partial charge in [-0.3, -0.25) is 14.6 Å². The molecule has 2 rings (SSSR count). The molecule has 0 aliphatic carbocycles. The Bertz CT molecular complexity index is 538. The van der Waals surface area contributed by atoms with Gasteiger partial charge in [0.1, 0.15) is 5.69 Å². The van der Waals surface area contributed by atoms with Crippen molar-refractivity contribution in [2.24, 2.45) is 0 Å². The summed E-state index contributed by atoms with van der Waals surface area (Å²) in [5, 5.41) is 13.4. The van der Waals surface area contributed by atoms with E-state index in [0.717, 1.165) is 17.4 Å². The first kappa shape index (κ1) is 13.1. The molecule has 2 aromatic rings. The first-order chi connectivity index (χ1) is 8.66. The summed E-state index contributed by atoms with van der Waals surface area (Å²) in [5.74, 6) is -0.251. The number of carbonyl (C=O) groups is 1. The number of halogens is 2. The maximum atomic E-state index is 11.6. The molecule has 0 atom stereocenters. The molecule has 0 aromatic carbocycles. The Labute approximate surface area is 117 Å². The Morgan fingerprint density at radius 2 is 2.39 bits per heavy atom. The van der Waals surface area contributed by atoms with Gasteiger partial charge in [0.25, 0.3) is 5.91 Å². The summed E-state index contributed by atoms with van der Waals surface area (Å²) in [4.78, 5) is 11.6. The van der Waals surface area contributed by atoms with Crippen LogP contribution < -0.4 is 5.32 Å². The number of nitrogens with one attached hydrogen (secondary N) is 2. The highest BCUT2D eigenvalue weighted by Crippen LogP contribution is 2.10. The number of aromatic nitrogens is 4. The van der Waals surface area contributed by atoms with Crippen LogP contribution >= 0.6 is 27.5 Å². The molecule has 0 aliphatic rings. The summed E-state index contributed by atoms with van der Waals surface area (Å²) in [6.45, 7) is 1.29. The number of hydrogen-bond donors (Lipinski definition) is 2.